The molecule has 0 bridgehead atoms. The normalized spacial score (nSPS) is 19.7. The van der Waals surface area contributed by atoms with Gasteiger partial charge in [-0.1, -0.05) is 41.6 Å². The average molecular weight is 588 g/mol. The molecule has 2 fully saturated rings. The summed E-state index contributed by atoms with van der Waals surface area (Å²) in [6, 6.07) is 20.2. The Bertz CT molecular complexity index is 1560. The number of benzene rings is 3. The molecule has 2 aliphatic heterocycles. The lowest BCUT2D eigenvalue weighted by molar-refractivity contribution is -0.133. The van der Waals surface area contributed by atoms with Gasteiger partial charge in [-0.25, -0.2) is 4.39 Å². The summed E-state index contributed by atoms with van der Waals surface area (Å²) in [7, 11) is 1.89. The number of rotatable bonds is 8. The average Bonchev–Trinajstić information content (AvgIpc) is 3.67. The summed E-state index contributed by atoms with van der Waals surface area (Å²) in [4.78, 5) is 21.0. The van der Waals surface area contributed by atoms with Gasteiger partial charge in [0.1, 0.15) is 11.4 Å². The third kappa shape index (κ3) is 4.95. The van der Waals surface area contributed by atoms with Gasteiger partial charge in [-0.05, 0) is 78.9 Å². The zero-order valence-corrected chi connectivity index (χ0v) is 25.0. The number of halogens is 1. The summed E-state index contributed by atoms with van der Waals surface area (Å²) in [5.41, 5.74) is 4.03. The molecular formula is C32H38FN7OS. The molecule has 1 aliphatic carbocycles. The van der Waals surface area contributed by atoms with E-state index in [0.29, 0.717) is 32.3 Å². The van der Waals surface area contributed by atoms with Crippen LogP contribution in [0.1, 0.15) is 42.1 Å². The molecular weight excluding hydrogens is 549 g/mol. The third-order valence-electron chi connectivity index (χ3n) is 9.27. The molecule has 0 radical (unpaired) electrons. The van der Waals surface area contributed by atoms with Crippen molar-refractivity contribution in [1.29, 1.82) is 0 Å². The van der Waals surface area contributed by atoms with Gasteiger partial charge in [-0.15, -0.1) is 5.10 Å². The number of hydrogen-bond donors (Lipinski definition) is 1. The molecule has 1 atom stereocenters. The molecule has 0 unspecified atom stereocenters. The molecule has 1 spiro atoms. The van der Waals surface area contributed by atoms with E-state index in [4.69, 9.17) is 0 Å². The molecule has 3 heterocycles. The predicted octanol–water partition coefficient (Wildman–Crippen LogP) is 4.23. The molecule has 2 saturated heterocycles. The number of anilines is 1. The SMILES string of the molecule is CNCc1cn(CCCN2CN(c3ccc(F)cc3)C3(CCN([C@H]4Cc5cccc6cccc4c56)CC3)C2=O)nn1.S. The highest BCUT2D eigenvalue weighted by atomic mass is 32.1. The van der Waals surface area contributed by atoms with Gasteiger partial charge < -0.3 is 15.1 Å². The third-order valence-corrected chi connectivity index (χ3v) is 9.27. The molecule has 1 amide bonds. The van der Waals surface area contributed by atoms with Crippen molar-refractivity contribution in [3.05, 3.63) is 89.5 Å². The minimum atomic E-state index is -0.612. The van der Waals surface area contributed by atoms with Crippen LogP contribution in [-0.4, -0.2) is 69.6 Å². The van der Waals surface area contributed by atoms with Crippen molar-refractivity contribution in [3.63, 3.8) is 0 Å². The first kappa shape index (κ1) is 28.6. The number of likely N-dealkylation sites (tertiary alicyclic amines) is 1. The van der Waals surface area contributed by atoms with E-state index in [-0.39, 0.29) is 25.2 Å². The minimum Gasteiger partial charge on any atom is -0.339 e. The van der Waals surface area contributed by atoms with Crippen LogP contribution >= 0.6 is 13.5 Å². The van der Waals surface area contributed by atoms with Crippen LogP contribution in [-0.2, 0) is 24.3 Å². The smallest absolute Gasteiger partial charge is 0.250 e. The van der Waals surface area contributed by atoms with Gasteiger partial charge >= 0.3 is 0 Å². The van der Waals surface area contributed by atoms with Crippen LogP contribution in [0.15, 0.2) is 66.9 Å². The summed E-state index contributed by atoms with van der Waals surface area (Å²) < 4.78 is 15.7. The predicted molar refractivity (Wildman–Crippen MR) is 167 cm³/mol. The van der Waals surface area contributed by atoms with Crippen molar-refractivity contribution in [2.24, 2.45) is 0 Å². The first-order chi connectivity index (χ1) is 20.1. The van der Waals surface area contributed by atoms with Crippen molar-refractivity contribution in [1.82, 2.24) is 30.1 Å². The number of nitrogens with one attached hydrogen (secondary N) is 1. The number of hydrogen-bond acceptors (Lipinski definition) is 6. The molecule has 3 aromatic carbocycles. The van der Waals surface area contributed by atoms with E-state index in [2.05, 4.69) is 61.8 Å². The van der Waals surface area contributed by atoms with E-state index in [0.717, 1.165) is 50.2 Å². The molecule has 8 nitrogen and oxygen atoms in total. The molecule has 7 rings (SSSR count). The van der Waals surface area contributed by atoms with Crippen LogP contribution in [0.5, 0.6) is 0 Å². The van der Waals surface area contributed by atoms with Crippen molar-refractivity contribution < 1.29 is 9.18 Å². The fourth-order valence-electron chi connectivity index (χ4n) is 7.27. The van der Waals surface area contributed by atoms with Crippen LogP contribution in [0.4, 0.5) is 10.1 Å². The monoisotopic (exact) mass is 587 g/mol. The van der Waals surface area contributed by atoms with Gasteiger partial charge in [0.2, 0.25) is 5.91 Å². The van der Waals surface area contributed by atoms with Crippen LogP contribution in [0, 0.1) is 5.82 Å². The molecule has 1 aromatic heterocycles. The summed E-state index contributed by atoms with van der Waals surface area (Å²) >= 11 is 0. The first-order valence-electron chi connectivity index (χ1n) is 14.7. The largest absolute Gasteiger partial charge is 0.339 e. The molecule has 42 heavy (non-hydrogen) atoms. The number of amides is 1. The number of aromatic nitrogens is 3. The quantitative estimate of drug-likeness (QED) is 0.333. The van der Waals surface area contributed by atoms with Crippen molar-refractivity contribution in [2.45, 2.75) is 50.4 Å². The Hall–Kier alpha value is -3.47. The summed E-state index contributed by atoms with van der Waals surface area (Å²) in [6.45, 7) is 4.23. The van der Waals surface area contributed by atoms with Gasteiger partial charge in [0.25, 0.3) is 0 Å². The molecule has 4 aromatic rings. The Labute approximate surface area is 252 Å². The highest BCUT2D eigenvalue weighted by Gasteiger charge is 2.54. The summed E-state index contributed by atoms with van der Waals surface area (Å²) in [6.07, 6.45) is 5.26. The van der Waals surface area contributed by atoms with Gasteiger partial charge in [0, 0.05) is 50.6 Å². The number of carbonyl (C=O) groups is 1. The van der Waals surface area contributed by atoms with E-state index in [1.165, 1.54) is 34.0 Å². The maximum absolute atomic E-state index is 14.2. The first-order valence-corrected chi connectivity index (χ1v) is 14.7. The lowest BCUT2D eigenvalue weighted by Gasteiger charge is -2.45. The topological polar surface area (TPSA) is 69.5 Å². The number of nitrogens with zero attached hydrogens (tertiary/aromatic N) is 6. The number of piperidine rings is 1. The fraction of sp³-hybridized carbons (Fsp3) is 0.406. The Morgan fingerprint density at radius 1 is 1.02 bits per heavy atom. The summed E-state index contributed by atoms with van der Waals surface area (Å²) in [5.74, 6) is -0.0757. The van der Waals surface area contributed by atoms with E-state index < -0.39 is 5.54 Å². The Kier molecular flexibility index (Phi) is 7.95. The standard InChI is InChI=1S/C32H36FN7O.H2S/c1-34-20-26-21-39(36-35-26)16-4-15-38-22-40(27-11-9-25(33)10-12-27)32(31(38)41)13-17-37(18-14-32)29-19-24-7-2-5-23-6-3-8-28(29)30(23)24;/h2-3,5-12,21,29,34H,4,13-20,22H2,1H3;1H2/t29-;/m0./s1. The van der Waals surface area contributed by atoms with Gasteiger partial charge in [0.15, 0.2) is 0 Å². The molecule has 1 N–H and O–H groups in total. The van der Waals surface area contributed by atoms with Crippen LogP contribution in [0.25, 0.3) is 10.8 Å². The Balaban J connectivity index is 0.00000316. The lowest BCUT2D eigenvalue weighted by Crippen LogP contribution is -2.57. The van der Waals surface area contributed by atoms with Crippen LogP contribution in [0.2, 0.25) is 0 Å². The van der Waals surface area contributed by atoms with Gasteiger partial charge in [-0.3, -0.25) is 14.4 Å². The second-order valence-corrected chi connectivity index (χ2v) is 11.6. The van der Waals surface area contributed by atoms with Gasteiger partial charge in [-0.2, -0.15) is 13.5 Å². The zero-order valence-electron chi connectivity index (χ0n) is 24.0. The summed E-state index contributed by atoms with van der Waals surface area (Å²) in [5, 5.41) is 14.2. The second-order valence-electron chi connectivity index (χ2n) is 11.6. The van der Waals surface area contributed by atoms with Crippen molar-refractivity contribution >= 4 is 35.9 Å². The Morgan fingerprint density at radius 3 is 2.55 bits per heavy atom. The van der Waals surface area contributed by atoms with Gasteiger partial charge in [0.05, 0.1) is 12.4 Å². The molecule has 10 heteroatoms. The van der Waals surface area contributed by atoms with E-state index in [1.807, 2.05) is 35.0 Å². The lowest BCUT2D eigenvalue weighted by atomic mass is 9.84. The van der Waals surface area contributed by atoms with Crippen LogP contribution in [0.3, 0.4) is 0 Å². The van der Waals surface area contributed by atoms with E-state index >= 15 is 0 Å². The second kappa shape index (κ2) is 11.7. The molecule has 3 aliphatic rings. The maximum atomic E-state index is 14.2. The maximum Gasteiger partial charge on any atom is 0.250 e. The van der Waals surface area contributed by atoms with Crippen molar-refractivity contribution in [3.8, 4) is 0 Å². The van der Waals surface area contributed by atoms with Crippen molar-refractivity contribution in [2.75, 3.05) is 38.3 Å². The number of carbonyl (C=O) groups excluding carboxylic acids is 1. The minimum absolute atomic E-state index is 0. The van der Waals surface area contributed by atoms with E-state index in [1.54, 1.807) is 0 Å². The zero-order chi connectivity index (χ0) is 28.0. The number of aryl methyl sites for hydroxylation is 1. The molecule has 0 saturated carbocycles. The van der Waals surface area contributed by atoms with E-state index in [9.17, 15) is 9.18 Å². The highest BCUT2D eigenvalue weighted by molar-refractivity contribution is 7.59. The van der Waals surface area contributed by atoms with Crippen LogP contribution < -0.4 is 10.2 Å². The fourth-order valence-corrected chi connectivity index (χ4v) is 7.27. The molecule has 220 valence electrons. The highest BCUT2D eigenvalue weighted by Crippen LogP contribution is 2.45. The Morgan fingerprint density at radius 2 is 1.79 bits per heavy atom.